The van der Waals surface area contributed by atoms with Crippen LogP contribution in [0.25, 0.3) is 10.1 Å². The van der Waals surface area contributed by atoms with Crippen LogP contribution >= 0.6 is 11.3 Å². The summed E-state index contributed by atoms with van der Waals surface area (Å²) in [4.78, 5) is 0. The zero-order chi connectivity index (χ0) is 11.4. The third-order valence-electron chi connectivity index (χ3n) is 2.58. The first kappa shape index (κ1) is 11.6. The lowest BCUT2D eigenvalue weighted by atomic mass is 10.2. The van der Waals surface area contributed by atoms with E-state index < -0.39 is 0 Å². The van der Waals surface area contributed by atoms with Crippen molar-refractivity contribution in [3.63, 3.8) is 0 Å². The minimum Gasteiger partial charge on any atom is -0.372 e. The fraction of sp³-hybridized carbons (Fsp3) is 0.385. The zero-order valence-electron chi connectivity index (χ0n) is 9.69. The van der Waals surface area contributed by atoms with Crippen molar-refractivity contribution in [2.45, 2.75) is 19.6 Å². The van der Waals surface area contributed by atoms with E-state index in [9.17, 15) is 0 Å². The third-order valence-corrected chi connectivity index (χ3v) is 3.59. The summed E-state index contributed by atoms with van der Waals surface area (Å²) in [6.45, 7) is 3.68. The number of nitrogens with one attached hydrogen (secondary N) is 1. The SMILES string of the molecule is CNCC(C)OCc1csc2ccccc12. The largest absolute Gasteiger partial charge is 0.372 e. The number of hydrogen-bond donors (Lipinski definition) is 1. The van der Waals surface area contributed by atoms with Crippen LogP contribution in [0, 0.1) is 0 Å². The maximum Gasteiger partial charge on any atom is 0.0735 e. The molecule has 0 amide bonds. The van der Waals surface area contributed by atoms with E-state index in [2.05, 4.69) is 41.9 Å². The van der Waals surface area contributed by atoms with Gasteiger partial charge in [-0.2, -0.15) is 0 Å². The van der Waals surface area contributed by atoms with Gasteiger partial charge in [0.15, 0.2) is 0 Å². The lowest BCUT2D eigenvalue weighted by Gasteiger charge is -2.11. The van der Waals surface area contributed by atoms with E-state index in [0.717, 1.165) is 6.54 Å². The Hall–Kier alpha value is -0.900. The Labute approximate surface area is 100 Å². The molecule has 0 aliphatic carbocycles. The Morgan fingerprint density at radius 2 is 2.19 bits per heavy atom. The van der Waals surface area contributed by atoms with Crippen LogP contribution in [0.5, 0.6) is 0 Å². The first-order valence-electron chi connectivity index (χ1n) is 5.52. The van der Waals surface area contributed by atoms with Crippen molar-refractivity contribution >= 4 is 21.4 Å². The number of ether oxygens (including phenoxy) is 1. The summed E-state index contributed by atoms with van der Waals surface area (Å²) in [5.74, 6) is 0. The monoisotopic (exact) mass is 235 g/mol. The van der Waals surface area contributed by atoms with Gasteiger partial charge in [0.1, 0.15) is 0 Å². The van der Waals surface area contributed by atoms with E-state index in [-0.39, 0.29) is 6.10 Å². The van der Waals surface area contributed by atoms with Gasteiger partial charge in [-0.05, 0) is 36.4 Å². The van der Waals surface area contributed by atoms with Gasteiger partial charge >= 0.3 is 0 Å². The number of benzene rings is 1. The molecule has 0 bridgehead atoms. The third kappa shape index (κ3) is 2.61. The van der Waals surface area contributed by atoms with Gasteiger partial charge in [-0.15, -0.1) is 11.3 Å². The van der Waals surface area contributed by atoms with Crippen LogP contribution in [0.4, 0.5) is 0 Å². The van der Waals surface area contributed by atoms with E-state index in [0.29, 0.717) is 6.61 Å². The molecule has 1 aromatic carbocycles. The summed E-state index contributed by atoms with van der Waals surface area (Å²) in [5.41, 5.74) is 1.29. The molecular weight excluding hydrogens is 218 g/mol. The minimum absolute atomic E-state index is 0.253. The molecule has 1 unspecified atom stereocenters. The molecule has 0 radical (unpaired) electrons. The van der Waals surface area contributed by atoms with Crippen molar-refractivity contribution in [3.8, 4) is 0 Å². The molecule has 16 heavy (non-hydrogen) atoms. The van der Waals surface area contributed by atoms with E-state index in [1.54, 1.807) is 11.3 Å². The second kappa shape index (κ2) is 5.43. The molecule has 0 spiro atoms. The van der Waals surface area contributed by atoms with E-state index in [1.807, 2.05) is 7.05 Å². The predicted octanol–water partition coefficient (Wildman–Crippen LogP) is 3.03. The summed E-state index contributed by atoms with van der Waals surface area (Å²) < 4.78 is 7.11. The molecule has 1 N–H and O–H groups in total. The van der Waals surface area contributed by atoms with Gasteiger partial charge in [-0.1, -0.05) is 18.2 Å². The van der Waals surface area contributed by atoms with Crippen molar-refractivity contribution in [1.29, 1.82) is 0 Å². The lowest BCUT2D eigenvalue weighted by Crippen LogP contribution is -2.23. The predicted molar refractivity (Wildman–Crippen MR) is 70.0 cm³/mol. The molecule has 0 saturated carbocycles. The Morgan fingerprint density at radius 3 is 3.00 bits per heavy atom. The van der Waals surface area contributed by atoms with Crippen molar-refractivity contribution in [1.82, 2.24) is 5.32 Å². The molecule has 2 aromatic rings. The molecule has 0 saturated heterocycles. The highest BCUT2D eigenvalue weighted by Gasteiger charge is 2.05. The molecule has 1 atom stereocenters. The Bertz CT molecular complexity index is 452. The average molecular weight is 235 g/mol. The van der Waals surface area contributed by atoms with Crippen molar-refractivity contribution in [2.24, 2.45) is 0 Å². The molecule has 1 heterocycles. The number of hydrogen-bond acceptors (Lipinski definition) is 3. The van der Waals surface area contributed by atoms with Crippen LogP contribution in [0.15, 0.2) is 29.6 Å². The second-order valence-electron chi connectivity index (χ2n) is 3.94. The zero-order valence-corrected chi connectivity index (χ0v) is 10.5. The first-order chi connectivity index (χ1) is 7.81. The molecule has 0 aliphatic rings. The molecule has 86 valence electrons. The number of likely N-dealkylation sites (N-methyl/N-ethyl adjacent to an activating group) is 1. The maximum atomic E-state index is 5.78. The molecule has 0 aliphatic heterocycles. The molecule has 3 heteroatoms. The van der Waals surface area contributed by atoms with E-state index in [4.69, 9.17) is 4.74 Å². The first-order valence-corrected chi connectivity index (χ1v) is 6.40. The molecule has 2 rings (SSSR count). The summed E-state index contributed by atoms with van der Waals surface area (Å²) in [6.07, 6.45) is 0.253. The summed E-state index contributed by atoms with van der Waals surface area (Å²) in [5, 5.41) is 6.63. The lowest BCUT2D eigenvalue weighted by molar-refractivity contribution is 0.0553. The van der Waals surface area contributed by atoms with Gasteiger partial charge in [0.25, 0.3) is 0 Å². The van der Waals surface area contributed by atoms with Crippen LogP contribution < -0.4 is 5.32 Å². The fourth-order valence-electron chi connectivity index (χ4n) is 1.72. The van der Waals surface area contributed by atoms with Crippen LogP contribution in [0.1, 0.15) is 12.5 Å². The molecule has 0 fully saturated rings. The Morgan fingerprint density at radius 1 is 1.38 bits per heavy atom. The second-order valence-corrected chi connectivity index (χ2v) is 4.85. The van der Waals surface area contributed by atoms with Crippen LogP contribution in [0.2, 0.25) is 0 Å². The van der Waals surface area contributed by atoms with Gasteiger partial charge in [0, 0.05) is 11.2 Å². The van der Waals surface area contributed by atoms with Crippen molar-refractivity contribution in [3.05, 3.63) is 35.2 Å². The van der Waals surface area contributed by atoms with Crippen LogP contribution in [-0.2, 0) is 11.3 Å². The van der Waals surface area contributed by atoms with Gasteiger partial charge in [-0.25, -0.2) is 0 Å². The maximum absolute atomic E-state index is 5.78. The van der Waals surface area contributed by atoms with Gasteiger partial charge in [-0.3, -0.25) is 0 Å². The minimum atomic E-state index is 0.253. The van der Waals surface area contributed by atoms with Gasteiger partial charge in [0.05, 0.1) is 12.7 Å². The Kier molecular flexibility index (Phi) is 3.93. The van der Waals surface area contributed by atoms with E-state index in [1.165, 1.54) is 15.6 Å². The number of fused-ring (bicyclic) bond motifs is 1. The fourth-order valence-corrected chi connectivity index (χ4v) is 2.67. The normalized spacial score (nSPS) is 13.1. The number of thiophene rings is 1. The quantitative estimate of drug-likeness (QED) is 0.860. The number of rotatable bonds is 5. The highest BCUT2D eigenvalue weighted by molar-refractivity contribution is 7.17. The van der Waals surface area contributed by atoms with Gasteiger partial charge < -0.3 is 10.1 Å². The molecule has 2 nitrogen and oxygen atoms in total. The highest BCUT2D eigenvalue weighted by atomic mass is 32.1. The van der Waals surface area contributed by atoms with Crippen molar-refractivity contribution < 1.29 is 4.74 Å². The van der Waals surface area contributed by atoms with Gasteiger partial charge in [0.2, 0.25) is 0 Å². The summed E-state index contributed by atoms with van der Waals surface area (Å²) in [7, 11) is 1.94. The molecule has 1 aromatic heterocycles. The average Bonchev–Trinajstić information content (AvgIpc) is 2.70. The van der Waals surface area contributed by atoms with Crippen LogP contribution in [-0.4, -0.2) is 19.7 Å². The van der Waals surface area contributed by atoms with Crippen molar-refractivity contribution in [2.75, 3.05) is 13.6 Å². The molecular formula is C13H17NOS. The van der Waals surface area contributed by atoms with Crippen LogP contribution in [0.3, 0.4) is 0 Å². The Balaban J connectivity index is 2.04. The van der Waals surface area contributed by atoms with E-state index >= 15 is 0 Å². The smallest absolute Gasteiger partial charge is 0.0735 e. The summed E-state index contributed by atoms with van der Waals surface area (Å²) in [6, 6.07) is 8.47. The highest BCUT2D eigenvalue weighted by Crippen LogP contribution is 2.26. The summed E-state index contributed by atoms with van der Waals surface area (Å²) >= 11 is 1.78. The standard InChI is InChI=1S/C13H17NOS/c1-10(7-14-2)15-8-11-9-16-13-6-4-3-5-12(11)13/h3-6,9-10,14H,7-8H2,1-2H3. The topological polar surface area (TPSA) is 21.3 Å².